The second-order valence-electron chi connectivity index (χ2n) is 16.2. The van der Waals surface area contributed by atoms with Gasteiger partial charge in [0.1, 0.15) is 17.4 Å². The topological polar surface area (TPSA) is 86.9 Å². The number of rotatable bonds is 15. The van der Waals surface area contributed by atoms with E-state index in [1.165, 1.54) is 42.5 Å². The van der Waals surface area contributed by atoms with E-state index in [1.807, 2.05) is 58.0 Å². The highest BCUT2D eigenvalue weighted by Gasteiger charge is 2.52. The third-order valence-corrected chi connectivity index (χ3v) is 15.0. The van der Waals surface area contributed by atoms with Crippen molar-refractivity contribution in [3.05, 3.63) is 90.3 Å². The molecule has 52 heavy (non-hydrogen) atoms. The van der Waals surface area contributed by atoms with E-state index in [0.29, 0.717) is 37.9 Å². The molecule has 1 aromatic heterocycles. The monoisotopic (exact) mass is 725 g/mol. The minimum atomic E-state index is -2.83. The van der Waals surface area contributed by atoms with Crippen LogP contribution in [0.25, 0.3) is 11.4 Å². The zero-order valence-corrected chi connectivity index (χ0v) is 33.6. The summed E-state index contributed by atoms with van der Waals surface area (Å²) in [5.41, 5.74) is 1.20. The van der Waals surface area contributed by atoms with E-state index < -0.39 is 26.1 Å². The molecule has 1 amide bonds. The molecule has 1 fully saturated rings. The van der Waals surface area contributed by atoms with Crippen LogP contribution < -0.4 is 15.1 Å². The molecule has 1 saturated heterocycles. The molecule has 0 bridgehead atoms. The Balaban J connectivity index is 1.41. The molecule has 3 aromatic carbocycles. The van der Waals surface area contributed by atoms with Gasteiger partial charge < -0.3 is 18.4 Å². The molecule has 0 radical (unpaired) electrons. The first-order valence-corrected chi connectivity index (χ1v) is 21.1. The van der Waals surface area contributed by atoms with Gasteiger partial charge in [0.2, 0.25) is 11.7 Å². The maximum Gasteiger partial charge on any atom is 0.410 e. The van der Waals surface area contributed by atoms with Crippen LogP contribution >= 0.6 is 0 Å². The van der Waals surface area contributed by atoms with Gasteiger partial charge in [0, 0.05) is 24.6 Å². The molecule has 1 aliphatic rings. The summed E-state index contributed by atoms with van der Waals surface area (Å²) in [6, 6.07) is 26.7. The van der Waals surface area contributed by atoms with Crippen LogP contribution in [0.1, 0.15) is 111 Å². The molecule has 9 heteroatoms. The van der Waals surface area contributed by atoms with Crippen LogP contribution in [0.15, 0.2) is 83.4 Å². The Morgan fingerprint density at radius 3 is 2.12 bits per heavy atom. The molecule has 8 nitrogen and oxygen atoms in total. The predicted molar refractivity (Wildman–Crippen MR) is 211 cm³/mol. The van der Waals surface area contributed by atoms with Crippen LogP contribution in [0, 0.1) is 12.8 Å². The molecule has 1 aliphatic heterocycles. The average molecular weight is 726 g/mol. The van der Waals surface area contributed by atoms with Crippen molar-refractivity contribution in [1.82, 2.24) is 15.0 Å². The molecule has 0 aliphatic carbocycles. The Labute approximate surface area is 312 Å². The van der Waals surface area contributed by atoms with Crippen molar-refractivity contribution in [2.45, 2.75) is 117 Å². The second-order valence-corrected chi connectivity index (χ2v) is 20.5. The lowest BCUT2D eigenvalue weighted by molar-refractivity contribution is 0.0160. The zero-order valence-electron chi connectivity index (χ0n) is 32.6. The lowest BCUT2D eigenvalue weighted by Gasteiger charge is -2.43. The molecular weight excluding hydrogens is 667 g/mol. The number of carbonyl (C=O) groups is 1. The fraction of sp³-hybridized carbons (Fsp3) is 0.512. The van der Waals surface area contributed by atoms with Gasteiger partial charge in [0.15, 0.2) is 0 Å². The van der Waals surface area contributed by atoms with Crippen LogP contribution in [-0.2, 0) is 9.16 Å². The predicted octanol–water partition coefficient (Wildman–Crippen LogP) is 9.66. The standard InChI is InChI=1S/C43H59N3O5Si/c1-9-10-11-12-13-20-29-48-37-26-25-33(30-32(37)2)39-44-40(51-45-39)38-34(27-28-46(38)41(47)50-42(3,4)5)31-49-52(43(6,7)8,35-21-16-14-17-22-35)36-23-18-15-19-24-36/h14-19,21-26,30,34,38H,9-13,20,27-29,31H2,1-8H3/t34-,38+/m1/s1. The Hall–Kier alpha value is -3.95. The minimum absolute atomic E-state index is 0.0954. The number of aryl methyl sites for hydroxylation is 1. The molecule has 0 saturated carbocycles. The Morgan fingerprint density at radius 2 is 1.52 bits per heavy atom. The summed E-state index contributed by atoms with van der Waals surface area (Å²) in [6.07, 6.45) is 7.66. The first-order valence-electron chi connectivity index (χ1n) is 19.2. The number of hydrogen-bond acceptors (Lipinski definition) is 7. The number of nitrogens with zero attached hydrogens (tertiary/aromatic N) is 3. The van der Waals surface area contributed by atoms with Crippen LogP contribution in [0.4, 0.5) is 4.79 Å². The molecule has 2 atom stereocenters. The Morgan fingerprint density at radius 1 is 0.885 bits per heavy atom. The number of hydrogen-bond donors (Lipinski definition) is 0. The molecule has 0 spiro atoms. The first kappa shape index (κ1) is 39.3. The second kappa shape index (κ2) is 17.2. The summed E-state index contributed by atoms with van der Waals surface area (Å²) < 4.78 is 25.4. The summed E-state index contributed by atoms with van der Waals surface area (Å²) in [4.78, 5) is 20.4. The van der Waals surface area contributed by atoms with Gasteiger partial charge in [-0.05, 0) is 79.7 Å². The molecule has 0 N–H and O–H groups in total. The third-order valence-electron chi connectivity index (χ3n) is 9.97. The quantitative estimate of drug-likeness (QED) is 0.0891. The number of unbranched alkanes of at least 4 members (excludes halogenated alkanes) is 5. The smallest absolute Gasteiger partial charge is 0.410 e. The number of ether oxygens (including phenoxy) is 2. The van der Waals surface area contributed by atoms with Crippen LogP contribution in [0.3, 0.4) is 0 Å². The highest BCUT2D eigenvalue weighted by molar-refractivity contribution is 6.99. The van der Waals surface area contributed by atoms with Crippen LogP contribution in [0.5, 0.6) is 5.75 Å². The van der Waals surface area contributed by atoms with Crippen molar-refractivity contribution in [2.24, 2.45) is 5.92 Å². The lowest BCUT2D eigenvalue weighted by Crippen LogP contribution is -2.67. The minimum Gasteiger partial charge on any atom is -0.493 e. The van der Waals surface area contributed by atoms with E-state index >= 15 is 0 Å². The molecular formula is C43H59N3O5Si. The van der Waals surface area contributed by atoms with Gasteiger partial charge in [0.05, 0.1) is 6.61 Å². The molecule has 0 unspecified atom stereocenters. The van der Waals surface area contributed by atoms with Gasteiger partial charge in [-0.3, -0.25) is 4.90 Å². The molecule has 5 rings (SSSR count). The summed E-state index contributed by atoms with van der Waals surface area (Å²) in [6.45, 7) is 18.4. The maximum absolute atomic E-state index is 13.7. The van der Waals surface area contributed by atoms with Gasteiger partial charge in [-0.1, -0.05) is 126 Å². The van der Waals surface area contributed by atoms with Gasteiger partial charge >= 0.3 is 6.09 Å². The van der Waals surface area contributed by atoms with Crippen molar-refractivity contribution < 1.29 is 23.2 Å². The summed E-state index contributed by atoms with van der Waals surface area (Å²) in [7, 11) is -2.83. The number of amides is 1. The lowest BCUT2D eigenvalue weighted by atomic mass is 10.0. The number of likely N-dealkylation sites (tertiary alicyclic amines) is 1. The normalized spacial score (nSPS) is 16.7. The number of benzene rings is 3. The van der Waals surface area contributed by atoms with E-state index in [-0.39, 0.29) is 11.0 Å². The summed E-state index contributed by atoms with van der Waals surface area (Å²) in [5, 5.41) is 6.66. The SMILES string of the molecule is CCCCCCCCOc1ccc(-c2noc([C@@H]3[C@@H](CO[Si](c4ccccc4)(c4ccccc4)C(C)(C)C)CCN3C(=O)OC(C)(C)C)n2)cc1C. The van der Waals surface area contributed by atoms with Crippen molar-refractivity contribution >= 4 is 24.8 Å². The molecule has 280 valence electrons. The maximum atomic E-state index is 13.7. The fourth-order valence-corrected chi connectivity index (χ4v) is 12.0. The van der Waals surface area contributed by atoms with Crippen molar-refractivity contribution in [3.8, 4) is 17.1 Å². The highest BCUT2D eigenvalue weighted by atomic mass is 28.4. The first-order chi connectivity index (χ1) is 24.8. The van der Waals surface area contributed by atoms with Crippen LogP contribution in [-0.4, -0.2) is 54.8 Å². The third kappa shape index (κ3) is 9.34. The van der Waals surface area contributed by atoms with Gasteiger partial charge in [0.25, 0.3) is 8.32 Å². The molecule has 2 heterocycles. The molecule has 4 aromatic rings. The average Bonchev–Trinajstić information content (AvgIpc) is 3.76. The number of carbonyl (C=O) groups excluding carboxylic acids is 1. The summed E-state index contributed by atoms with van der Waals surface area (Å²) in [5.74, 6) is 1.63. The Bertz CT molecular complexity index is 1670. The van der Waals surface area contributed by atoms with Crippen molar-refractivity contribution in [3.63, 3.8) is 0 Å². The summed E-state index contributed by atoms with van der Waals surface area (Å²) >= 11 is 0. The van der Waals surface area contributed by atoms with E-state index in [2.05, 4.69) is 81.4 Å². The van der Waals surface area contributed by atoms with E-state index in [0.717, 1.165) is 23.3 Å². The van der Waals surface area contributed by atoms with Gasteiger partial charge in [-0.25, -0.2) is 4.79 Å². The largest absolute Gasteiger partial charge is 0.493 e. The van der Waals surface area contributed by atoms with E-state index in [9.17, 15) is 4.79 Å². The van der Waals surface area contributed by atoms with Crippen LogP contribution in [0.2, 0.25) is 5.04 Å². The van der Waals surface area contributed by atoms with Gasteiger partial charge in [-0.15, -0.1) is 0 Å². The van der Waals surface area contributed by atoms with E-state index in [1.54, 1.807) is 4.90 Å². The van der Waals surface area contributed by atoms with E-state index in [4.69, 9.17) is 23.4 Å². The number of aromatic nitrogens is 2. The van der Waals surface area contributed by atoms with Gasteiger partial charge in [-0.2, -0.15) is 4.98 Å². The fourth-order valence-electron chi connectivity index (χ4n) is 7.37. The van der Waals surface area contributed by atoms with Crippen molar-refractivity contribution in [2.75, 3.05) is 19.8 Å². The Kier molecular flexibility index (Phi) is 13.0. The highest BCUT2D eigenvalue weighted by Crippen LogP contribution is 2.42. The van der Waals surface area contributed by atoms with Crippen molar-refractivity contribution in [1.29, 1.82) is 0 Å². The zero-order chi connectivity index (χ0) is 37.4.